The minimum atomic E-state index is -1.76. The predicted octanol–water partition coefficient (Wildman–Crippen LogP) is 6.34. The lowest BCUT2D eigenvalue weighted by atomic mass is 9.87. The summed E-state index contributed by atoms with van der Waals surface area (Å²) >= 11 is 1.49. The van der Waals surface area contributed by atoms with Crippen molar-refractivity contribution in [1.82, 2.24) is 4.98 Å². The Morgan fingerprint density at radius 3 is 2.50 bits per heavy atom. The summed E-state index contributed by atoms with van der Waals surface area (Å²) in [5.41, 5.74) is 1.85. The Balaban J connectivity index is 1.56. The van der Waals surface area contributed by atoms with Gasteiger partial charge >= 0.3 is 0 Å². The molecule has 164 valence electrons. The Hall–Kier alpha value is -1.70. The van der Waals surface area contributed by atoms with Gasteiger partial charge in [0, 0.05) is 23.9 Å². The third-order valence-electron chi connectivity index (χ3n) is 6.39. The molecule has 5 nitrogen and oxygen atoms in total. The molecule has 0 saturated heterocycles. The van der Waals surface area contributed by atoms with Gasteiger partial charge in [-0.3, -0.25) is 4.79 Å². The number of carbonyl (C=O) groups is 1. The number of hydrogen-bond donors (Lipinski definition) is 1. The van der Waals surface area contributed by atoms with Gasteiger partial charge in [0.05, 0.1) is 12.0 Å². The van der Waals surface area contributed by atoms with Crippen molar-refractivity contribution in [3.05, 3.63) is 30.5 Å². The largest absolute Gasteiger partial charge is 0.473 e. The lowest BCUT2D eigenvalue weighted by Gasteiger charge is -2.41. The van der Waals surface area contributed by atoms with Gasteiger partial charge in [-0.15, -0.1) is 0 Å². The maximum atomic E-state index is 12.8. The SMILES string of the molecule is COc1ncc(-c2cccc(NC(=O)[C@H]3CC[C@H](O[Si](C)(C)C(C)(C)C)CC3)c2)s1. The molecule has 7 heteroatoms. The summed E-state index contributed by atoms with van der Waals surface area (Å²) in [4.78, 5) is 18.1. The highest BCUT2D eigenvalue weighted by Crippen LogP contribution is 2.40. The molecule has 1 aromatic carbocycles. The number of anilines is 1. The molecule has 1 aromatic heterocycles. The molecule has 0 bridgehead atoms. The van der Waals surface area contributed by atoms with E-state index in [1.54, 1.807) is 13.3 Å². The van der Waals surface area contributed by atoms with E-state index in [4.69, 9.17) is 9.16 Å². The van der Waals surface area contributed by atoms with Crippen LogP contribution in [0.1, 0.15) is 46.5 Å². The van der Waals surface area contributed by atoms with Crippen LogP contribution in [0.5, 0.6) is 5.19 Å². The summed E-state index contributed by atoms with van der Waals surface area (Å²) < 4.78 is 11.7. The zero-order valence-corrected chi connectivity index (χ0v) is 20.8. The van der Waals surface area contributed by atoms with Gasteiger partial charge < -0.3 is 14.5 Å². The molecule has 1 N–H and O–H groups in total. The van der Waals surface area contributed by atoms with E-state index in [1.807, 2.05) is 24.3 Å². The van der Waals surface area contributed by atoms with Crippen LogP contribution in [0.2, 0.25) is 18.1 Å². The molecule has 0 radical (unpaired) electrons. The first-order chi connectivity index (χ1) is 14.1. The molecule has 3 rings (SSSR count). The number of nitrogens with one attached hydrogen (secondary N) is 1. The highest BCUT2D eigenvalue weighted by Gasteiger charge is 2.40. The normalized spacial score (nSPS) is 20.1. The number of nitrogens with zero attached hydrogens (tertiary/aromatic N) is 1. The topological polar surface area (TPSA) is 60.5 Å². The van der Waals surface area contributed by atoms with Gasteiger partial charge in [-0.2, -0.15) is 0 Å². The molecule has 0 atom stereocenters. The van der Waals surface area contributed by atoms with E-state index < -0.39 is 8.32 Å². The van der Waals surface area contributed by atoms with Crippen LogP contribution in [0.15, 0.2) is 30.5 Å². The van der Waals surface area contributed by atoms with Crippen LogP contribution in [-0.2, 0) is 9.22 Å². The van der Waals surface area contributed by atoms with Crippen LogP contribution in [0, 0.1) is 5.92 Å². The molecular formula is C23H34N2O3SSi. The molecule has 1 fully saturated rings. The van der Waals surface area contributed by atoms with Crippen LogP contribution in [-0.4, -0.2) is 32.4 Å². The van der Waals surface area contributed by atoms with E-state index in [-0.39, 0.29) is 16.9 Å². The number of ether oxygens (including phenoxy) is 1. The third kappa shape index (κ3) is 5.50. The quantitative estimate of drug-likeness (QED) is 0.526. The standard InChI is InChI=1S/C23H34N2O3SSi/c1-23(2,3)30(5,6)28-19-12-10-16(11-13-19)21(26)25-18-9-7-8-17(14-18)20-15-24-22(27-4)29-20/h7-9,14-16,19H,10-13H2,1-6H3,(H,25,26)/t16-,19-. The summed E-state index contributed by atoms with van der Waals surface area (Å²) in [6.45, 7) is 11.4. The van der Waals surface area contributed by atoms with E-state index in [0.29, 0.717) is 11.3 Å². The molecule has 1 aliphatic rings. The fourth-order valence-corrected chi connectivity index (χ4v) is 5.67. The van der Waals surface area contributed by atoms with Crippen molar-refractivity contribution in [1.29, 1.82) is 0 Å². The first kappa shape index (κ1) is 23.0. The van der Waals surface area contributed by atoms with E-state index >= 15 is 0 Å². The van der Waals surface area contributed by atoms with Gasteiger partial charge in [-0.1, -0.05) is 44.2 Å². The summed E-state index contributed by atoms with van der Waals surface area (Å²) in [6.07, 6.45) is 5.79. The number of hydrogen-bond acceptors (Lipinski definition) is 5. The lowest BCUT2D eigenvalue weighted by molar-refractivity contribution is -0.121. The number of amides is 1. The fourth-order valence-electron chi connectivity index (χ4n) is 3.52. The molecule has 0 spiro atoms. The smallest absolute Gasteiger partial charge is 0.273 e. The molecule has 0 unspecified atom stereocenters. The number of aromatic nitrogens is 1. The van der Waals surface area contributed by atoms with Gasteiger partial charge in [-0.05, 0) is 61.5 Å². The molecule has 2 aromatic rings. The minimum Gasteiger partial charge on any atom is -0.473 e. The second kappa shape index (κ2) is 9.20. The zero-order valence-electron chi connectivity index (χ0n) is 19.0. The lowest BCUT2D eigenvalue weighted by Crippen LogP contribution is -2.45. The molecule has 1 aliphatic carbocycles. The molecule has 1 heterocycles. The maximum Gasteiger partial charge on any atom is 0.273 e. The number of methoxy groups -OCH3 is 1. The Labute approximate surface area is 185 Å². The highest BCUT2D eigenvalue weighted by atomic mass is 32.1. The van der Waals surface area contributed by atoms with E-state index in [1.165, 1.54) is 11.3 Å². The minimum absolute atomic E-state index is 0.0522. The van der Waals surface area contributed by atoms with Crippen molar-refractivity contribution < 1.29 is 14.0 Å². The van der Waals surface area contributed by atoms with Crippen LogP contribution in [0.25, 0.3) is 10.4 Å². The Kier molecular flexibility index (Phi) is 7.04. The first-order valence-corrected chi connectivity index (χ1v) is 14.4. The van der Waals surface area contributed by atoms with Gasteiger partial charge in [0.25, 0.3) is 5.19 Å². The zero-order chi connectivity index (χ0) is 21.9. The summed E-state index contributed by atoms with van der Waals surface area (Å²) in [5, 5.41) is 3.96. The second-order valence-electron chi connectivity index (χ2n) is 9.62. The van der Waals surface area contributed by atoms with Gasteiger partial charge in [0.15, 0.2) is 8.32 Å². The van der Waals surface area contributed by atoms with E-state index in [2.05, 4.69) is 44.2 Å². The summed E-state index contributed by atoms with van der Waals surface area (Å²) in [7, 11) is -0.139. The van der Waals surface area contributed by atoms with Crippen molar-refractivity contribution in [3.63, 3.8) is 0 Å². The molecule has 0 aliphatic heterocycles. The Morgan fingerprint density at radius 1 is 1.20 bits per heavy atom. The first-order valence-electron chi connectivity index (χ1n) is 10.7. The highest BCUT2D eigenvalue weighted by molar-refractivity contribution is 7.16. The third-order valence-corrected chi connectivity index (χ3v) is 11.9. The summed E-state index contributed by atoms with van der Waals surface area (Å²) in [6, 6.07) is 7.91. The van der Waals surface area contributed by atoms with Crippen molar-refractivity contribution in [2.45, 2.75) is 70.7 Å². The van der Waals surface area contributed by atoms with Crippen LogP contribution in [0.3, 0.4) is 0 Å². The van der Waals surface area contributed by atoms with Crippen LogP contribution >= 0.6 is 11.3 Å². The van der Waals surface area contributed by atoms with Crippen LogP contribution < -0.4 is 10.1 Å². The number of carbonyl (C=O) groups excluding carboxylic acids is 1. The Morgan fingerprint density at radius 2 is 1.90 bits per heavy atom. The monoisotopic (exact) mass is 446 g/mol. The summed E-state index contributed by atoms with van der Waals surface area (Å²) in [5.74, 6) is 0.163. The average molecular weight is 447 g/mol. The Bertz CT molecular complexity index is 867. The van der Waals surface area contributed by atoms with Gasteiger partial charge in [-0.25, -0.2) is 4.98 Å². The maximum absolute atomic E-state index is 12.8. The van der Waals surface area contributed by atoms with E-state index in [0.717, 1.165) is 41.8 Å². The molecule has 1 saturated carbocycles. The fraction of sp³-hybridized carbons (Fsp3) is 0.565. The van der Waals surface area contributed by atoms with Gasteiger partial charge in [0.1, 0.15) is 0 Å². The van der Waals surface area contributed by atoms with Crippen molar-refractivity contribution in [2.24, 2.45) is 5.92 Å². The van der Waals surface area contributed by atoms with Crippen LogP contribution in [0.4, 0.5) is 5.69 Å². The van der Waals surface area contributed by atoms with Crippen molar-refractivity contribution in [2.75, 3.05) is 12.4 Å². The predicted molar refractivity (Wildman–Crippen MR) is 127 cm³/mol. The number of rotatable bonds is 6. The molecular weight excluding hydrogens is 412 g/mol. The average Bonchev–Trinajstić information content (AvgIpc) is 3.17. The number of benzene rings is 1. The molecule has 1 amide bonds. The van der Waals surface area contributed by atoms with E-state index in [9.17, 15) is 4.79 Å². The van der Waals surface area contributed by atoms with Gasteiger partial charge in [0.2, 0.25) is 5.91 Å². The van der Waals surface area contributed by atoms with Crippen molar-refractivity contribution in [3.8, 4) is 15.6 Å². The number of thiazole rings is 1. The molecule has 30 heavy (non-hydrogen) atoms. The second-order valence-corrected chi connectivity index (χ2v) is 15.4. The van der Waals surface area contributed by atoms with Crippen molar-refractivity contribution >= 4 is 31.2 Å².